The molecule has 7 nitrogen and oxygen atoms in total. The molecule has 9 heteroatoms. The third kappa shape index (κ3) is 5.09. The first kappa shape index (κ1) is 21.6. The average molecular weight is 440 g/mol. The standard InChI is InChI=1S/C20H25NO6S2/c1-26-16-5-3-15(4-6-16)11-12-21-19-13-28(22,23)14-20(19)29(24,25)18-9-7-17(27-2)8-10-18/h3-10,19-21H,11-14H2,1-2H3. The van der Waals surface area contributed by atoms with Crippen LogP contribution in [0.25, 0.3) is 0 Å². The predicted molar refractivity (Wildman–Crippen MR) is 111 cm³/mol. The summed E-state index contributed by atoms with van der Waals surface area (Å²) >= 11 is 0. The molecular weight excluding hydrogens is 414 g/mol. The van der Waals surface area contributed by atoms with Crippen molar-refractivity contribution >= 4 is 19.7 Å². The van der Waals surface area contributed by atoms with Crippen LogP contribution in [0.4, 0.5) is 0 Å². The van der Waals surface area contributed by atoms with Crippen LogP contribution in [0.5, 0.6) is 11.5 Å². The molecule has 1 N–H and O–H groups in total. The maximum absolute atomic E-state index is 13.1. The van der Waals surface area contributed by atoms with Gasteiger partial charge < -0.3 is 14.8 Å². The van der Waals surface area contributed by atoms with Gasteiger partial charge in [-0.2, -0.15) is 0 Å². The van der Waals surface area contributed by atoms with Crippen LogP contribution in [-0.4, -0.2) is 60.4 Å². The lowest BCUT2D eigenvalue weighted by molar-refractivity contribution is 0.414. The molecule has 0 bridgehead atoms. The van der Waals surface area contributed by atoms with E-state index in [1.54, 1.807) is 19.2 Å². The Morgan fingerprint density at radius 3 is 2.03 bits per heavy atom. The minimum atomic E-state index is -3.80. The molecule has 2 atom stereocenters. The lowest BCUT2D eigenvalue weighted by atomic mass is 10.1. The summed E-state index contributed by atoms with van der Waals surface area (Å²) < 4.78 is 60.7. The van der Waals surface area contributed by atoms with E-state index in [4.69, 9.17) is 9.47 Å². The Labute approximate surface area is 171 Å². The van der Waals surface area contributed by atoms with E-state index in [-0.39, 0.29) is 16.4 Å². The second kappa shape index (κ2) is 8.73. The van der Waals surface area contributed by atoms with Gasteiger partial charge in [-0.1, -0.05) is 12.1 Å². The van der Waals surface area contributed by atoms with Crippen LogP contribution >= 0.6 is 0 Å². The fourth-order valence-corrected chi connectivity index (χ4v) is 8.16. The number of benzene rings is 2. The van der Waals surface area contributed by atoms with Gasteiger partial charge in [-0.3, -0.25) is 0 Å². The van der Waals surface area contributed by atoms with E-state index in [0.29, 0.717) is 18.7 Å². The third-order valence-electron chi connectivity index (χ3n) is 5.07. The molecule has 1 heterocycles. The van der Waals surface area contributed by atoms with Gasteiger partial charge in [0.1, 0.15) is 11.5 Å². The number of methoxy groups -OCH3 is 2. The molecular formula is C20H25NO6S2. The van der Waals surface area contributed by atoms with E-state index >= 15 is 0 Å². The summed E-state index contributed by atoms with van der Waals surface area (Å²) in [5.74, 6) is 0.739. The van der Waals surface area contributed by atoms with Gasteiger partial charge in [-0.25, -0.2) is 16.8 Å². The minimum Gasteiger partial charge on any atom is -0.497 e. The topological polar surface area (TPSA) is 98.8 Å². The van der Waals surface area contributed by atoms with Gasteiger partial charge in [0.25, 0.3) is 0 Å². The van der Waals surface area contributed by atoms with Crippen LogP contribution in [0, 0.1) is 0 Å². The van der Waals surface area contributed by atoms with E-state index in [2.05, 4.69) is 5.32 Å². The number of rotatable bonds is 8. The summed E-state index contributed by atoms with van der Waals surface area (Å²) in [5.41, 5.74) is 1.05. The summed E-state index contributed by atoms with van der Waals surface area (Å²) in [7, 11) is -4.14. The van der Waals surface area contributed by atoms with Crippen LogP contribution < -0.4 is 14.8 Å². The summed E-state index contributed by atoms with van der Waals surface area (Å²) in [6.45, 7) is 0.473. The van der Waals surface area contributed by atoms with E-state index < -0.39 is 31.0 Å². The van der Waals surface area contributed by atoms with Crippen molar-refractivity contribution in [2.45, 2.75) is 22.6 Å². The molecule has 0 spiro atoms. The minimum absolute atomic E-state index is 0.0994. The molecule has 0 aromatic heterocycles. The van der Waals surface area contributed by atoms with Crippen molar-refractivity contribution in [3.05, 3.63) is 54.1 Å². The summed E-state index contributed by atoms with van der Waals surface area (Å²) in [5, 5.41) is 2.13. The molecule has 1 saturated heterocycles. The number of hydrogen-bond acceptors (Lipinski definition) is 7. The van der Waals surface area contributed by atoms with Gasteiger partial charge in [0, 0.05) is 6.04 Å². The zero-order valence-corrected chi connectivity index (χ0v) is 18.0. The van der Waals surface area contributed by atoms with Crippen LogP contribution in [0.2, 0.25) is 0 Å². The molecule has 3 rings (SSSR count). The Bertz CT molecular complexity index is 1030. The Kier molecular flexibility index (Phi) is 6.50. The second-order valence-corrected chi connectivity index (χ2v) is 11.3. The van der Waals surface area contributed by atoms with Gasteiger partial charge in [0.05, 0.1) is 35.9 Å². The molecule has 1 fully saturated rings. The molecule has 1 aliphatic rings. The highest BCUT2D eigenvalue weighted by Gasteiger charge is 2.45. The van der Waals surface area contributed by atoms with Crippen molar-refractivity contribution in [3.8, 4) is 11.5 Å². The number of sulfone groups is 2. The van der Waals surface area contributed by atoms with Gasteiger partial charge in [-0.15, -0.1) is 0 Å². The summed E-state index contributed by atoms with van der Waals surface area (Å²) in [4.78, 5) is 0.0994. The first-order chi connectivity index (χ1) is 13.7. The van der Waals surface area contributed by atoms with Crippen molar-refractivity contribution < 1.29 is 26.3 Å². The van der Waals surface area contributed by atoms with Crippen LogP contribution in [0.1, 0.15) is 5.56 Å². The Morgan fingerprint density at radius 2 is 1.48 bits per heavy atom. The fourth-order valence-electron chi connectivity index (χ4n) is 3.45. The fraction of sp³-hybridized carbons (Fsp3) is 0.400. The maximum Gasteiger partial charge on any atom is 0.183 e. The largest absolute Gasteiger partial charge is 0.497 e. The maximum atomic E-state index is 13.1. The zero-order valence-electron chi connectivity index (χ0n) is 16.4. The molecule has 2 aromatic carbocycles. The third-order valence-corrected chi connectivity index (χ3v) is 9.23. The highest BCUT2D eigenvalue weighted by atomic mass is 32.2. The lowest BCUT2D eigenvalue weighted by Crippen LogP contribution is -2.44. The predicted octanol–water partition coefficient (Wildman–Crippen LogP) is 1.48. The van der Waals surface area contributed by atoms with Crippen molar-refractivity contribution in [1.29, 1.82) is 0 Å². The molecule has 0 amide bonds. The van der Waals surface area contributed by atoms with Crippen molar-refractivity contribution in [3.63, 3.8) is 0 Å². The summed E-state index contributed by atoms with van der Waals surface area (Å²) in [6.07, 6.45) is 0.649. The van der Waals surface area contributed by atoms with Crippen LogP contribution in [-0.2, 0) is 26.1 Å². The molecule has 2 aromatic rings. The van der Waals surface area contributed by atoms with Crippen LogP contribution in [0.15, 0.2) is 53.4 Å². The molecule has 1 aliphatic heterocycles. The first-order valence-corrected chi connectivity index (χ1v) is 12.6. The van der Waals surface area contributed by atoms with Gasteiger partial charge in [0.15, 0.2) is 19.7 Å². The second-order valence-electron chi connectivity index (χ2n) is 6.99. The number of ether oxygens (including phenoxy) is 2. The Morgan fingerprint density at radius 1 is 0.931 bits per heavy atom. The van der Waals surface area contributed by atoms with Crippen molar-refractivity contribution in [2.75, 3.05) is 32.3 Å². The summed E-state index contributed by atoms with van der Waals surface area (Å²) in [6, 6.07) is 12.9. The highest BCUT2D eigenvalue weighted by Crippen LogP contribution is 2.27. The monoisotopic (exact) mass is 439 g/mol. The van der Waals surface area contributed by atoms with Crippen LogP contribution in [0.3, 0.4) is 0 Å². The normalized spacial score (nSPS) is 21.0. The Hall–Kier alpha value is -2.10. The van der Waals surface area contributed by atoms with E-state index in [0.717, 1.165) is 11.3 Å². The molecule has 0 saturated carbocycles. The SMILES string of the molecule is COc1ccc(CCNC2CS(=O)(=O)CC2S(=O)(=O)c2ccc(OC)cc2)cc1. The molecule has 158 valence electrons. The van der Waals surface area contributed by atoms with Crippen molar-refractivity contribution in [1.82, 2.24) is 5.32 Å². The first-order valence-electron chi connectivity index (χ1n) is 9.20. The smallest absolute Gasteiger partial charge is 0.183 e. The van der Waals surface area contributed by atoms with Gasteiger partial charge >= 0.3 is 0 Å². The van der Waals surface area contributed by atoms with E-state index in [1.165, 1.54) is 19.2 Å². The number of hydrogen-bond donors (Lipinski definition) is 1. The zero-order chi connectivity index (χ0) is 21.1. The molecule has 2 unspecified atom stereocenters. The highest BCUT2D eigenvalue weighted by molar-refractivity contribution is 7.96. The quantitative estimate of drug-likeness (QED) is 0.665. The molecule has 0 aliphatic carbocycles. The lowest BCUT2D eigenvalue weighted by Gasteiger charge is -2.20. The van der Waals surface area contributed by atoms with E-state index in [1.807, 2.05) is 24.3 Å². The average Bonchev–Trinajstić information content (AvgIpc) is 3.04. The van der Waals surface area contributed by atoms with Crippen molar-refractivity contribution in [2.24, 2.45) is 0 Å². The molecule has 0 radical (unpaired) electrons. The molecule has 29 heavy (non-hydrogen) atoms. The van der Waals surface area contributed by atoms with Gasteiger partial charge in [-0.05, 0) is 54.9 Å². The van der Waals surface area contributed by atoms with Gasteiger partial charge in [0.2, 0.25) is 0 Å². The van der Waals surface area contributed by atoms with E-state index in [9.17, 15) is 16.8 Å². The Balaban J connectivity index is 1.72. The number of nitrogens with one attached hydrogen (secondary N) is 1.